The second kappa shape index (κ2) is 7.22. The first-order valence-electron chi connectivity index (χ1n) is 11.2. The Bertz CT molecular complexity index is 1410. The molecule has 3 heterocycles. The fourth-order valence-corrected chi connectivity index (χ4v) is 6.10. The van der Waals surface area contributed by atoms with Gasteiger partial charge in [0.05, 0.1) is 23.6 Å². The Labute approximate surface area is 195 Å². The van der Waals surface area contributed by atoms with E-state index < -0.39 is 35.0 Å². The summed E-state index contributed by atoms with van der Waals surface area (Å²) in [6.45, 7) is 1.43. The van der Waals surface area contributed by atoms with E-state index >= 15 is 0 Å². The van der Waals surface area contributed by atoms with E-state index in [0.717, 1.165) is 11.3 Å². The highest BCUT2D eigenvalue weighted by molar-refractivity contribution is 6.16. The Morgan fingerprint density at radius 2 is 1.68 bits per heavy atom. The third kappa shape index (κ3) is 2.51. The first-order valence-corrected chi connectivity index (χ1v) is 11.2. The molecule has 0 saturated carbocycles. The lowest BCUT2D eigenvalue weighted by atomic mass is 9.64. The average molecular weight is 452 g/mol. The standard InChI is InChI=1S/C28H21FN2O3/c1-16(32)25-24(26(33)18-9-3-5-11-20(18)29)28(19-10-4-6-12-21(19)30-27(28)34)23-15-14-17-8-2-7-13-22(17)31(23)25/h2-15,23-25H,1H3,(H,30,34)/t23-,24-,25+,28-/m1/s1. The number of ketones is 2. The third-order valence-corrected chi connectivity index (χ3v) is 7.38. The summed E-state index contributed by atoms with van der Waals surface area (Å²) in [5, 5.41) is 2.94. The van der Waals surface area contributed by atoms with E-state index in [9.17, 15) is 18.8 Å². The molecule has 6 heteroatoms. The number of nitrogens with one attached hydrogen (secondary N) is 1. The molecule has 1 fully saturated rings. The fourth-order valence-electron chi connectivity index (χ4n) is 6.10. The van der Waals surface area contributed by atoms with Crippen LogP contribution in [0.5, 0.6) is 0 Å². The number of amides is 1. The molecular weight excluding hydrogens is 431 g/mol. The molecule has 0 aromatic heterocycles. The highest BCUT2D eigenvalue weighted by Crippen LogP contribution is 2.57. The lowest BCUT2D eigenvalue weighted by Gasteiger charge is -2.37. The Balaban J connectivity index is 1.68. The van der Waals surface area contributed by atoms with Gasteiger partial charge in [0.25, 0.3) is 0 Å². The SMILES string of the molecule is CC(=O)[C@H]1[C@H](C(=O)c2ccccc2F)[C@]2(C(=O)Nc3ccccc32)[C@H]2C=Cc3ccccc3N12. The van der Waals surface area contributed by atoms with Gasteiger partial charge in [-0.1, -0.05) is 60.7 Å². The second-order valence-corrected chi connectivity index (χ2v) is 9.02. The summed E-state index contributed by atoms with van der Waals surface area (Å²) >= 11 is 0. The van der Waals surface area contributed by atoms with Crippen molar-refractivity contribution in [1.29, 1.82) is 0 Å². The van der Waals surface area contributed by atoms with Crippen LogP contribution in [0.3, 0.4) is 0 Å². The maximum absolute atomic E-state index is 14.9. The number of nitrogens with zero attached hydrogens (tertiary/aromatic N) is 1. The van der Waals surface area contributed by atoms with Gasteiger partial charge in [-0.15, -0.1) is 0 Å². The summed E-state index contributed by atoms with van der Waals surface area (Å²) in [6.07, 6.45) is 3.83. The Hall–Kier alpha value is -4.06. The smallest absolute Gasteiger partial charge is 0.238 e. The molecule has 0 bridgehead atoms. The number of para-hydroxylation sites is 2. The lowest BCUT2D eigenvalue weighted by Crippen LogP contribution is -2.51. The zero-order valence-corrected chi connectivity index (χ0v) is 18.4. The van der Waals surface area contributed by atoms with Crippen LogP contribution in [-0.2, 0) is 15.0 Å². The first-order chi connectivity index (χ1) is 16.5. The quantitative estimate of drug-likeness (QED) is 0.599. The molecule has 1 N–H and O–H groups in total. The molecule has 0 aliphatic carbocycles. The second-order valence-electron chi connectivity index (χ2n) is 9.02. The molecule has 6 rings (SSSR count). The molecule has 3 aromatic carbocycles. The zero-order valence-electron chi connectivity index (χ0n) is 18.4. The number of fused-ring (bicyclic) bond motifs is 6. The fraction of sp³-hybridized carbons (Fsp3) is 0.179. The van der Waals surface area contributed by atoms with Gasteiger partial charge < -0.3 is 10.2 Å². The Kier molecular flexibility index (Phi) is 4.36. The largest absolute Gasteiger partial charge is 0.352 e. The summed E-state index contributed by atoms with van der Waals surface area (Å²) in [6, 6.07) is 19.0. The number of benzene rings is 3. The molecule has 168 valence electrons. The minimum atomic E-state index is -1.39. The Morgan fingerprint density at radius 1 is 0.971 bits per heavy atom. The van der Waals surface area contributed by atoms with Crippen LogP contribution in [0.2, 0.25) is 0 Å². The van der Waals surface area contributed by atoms with Gasteiger partial charge in [-0.05, 0) is 42.3 Å². The van der Waals surface area contributed by atoms with Crippen LogP contribution >= 0.6 is 0 Å². The maximum Gasteiger partial charge on any atom is 0.238 e. The highest BCUT2D eigenvalue weighted by atomic mass is 19.1. The van der Waals surface area contributed by atoms with Crippen LogP contribution in [0.1, 0.15) is 28.4 Å². The molecule has 3 aliphatic heterocycles. The minimum Gasteiger partial charge on any atom is -0.352 e. The average Bonchev–Trinajstić information content (AvgIpc) is 3.32. The molecule has 3 aromatic rings. The van der Waals surface area contributed by atoms with E-state index in [-0.39, 0.29) is 17.3 Å². The van der Waals surface area contributed by atoms with Gasteiger partial charge in [-0.3, -0.25) is 14.4 Å². The monoisotopic (exact) mass is 452 g/mol. The van der Waals surface area contributed by atoms with Gasteiger partial charge in [0.15, 0.2) is 11.6 Å². The number of hydrogen-bond donors (Lipinski definition) is 1. The number of Topliss-reactive ketones (excluding diaryl/α,β-unsaturated/α-hetero) is 2. The molecule has 1 amide bonds. The third-order valence-electron chi connectivity index (χ3n) is 7.38. The van der Waals surface area contributed by atoms with E-state index in [1.807, 2.05) is 59.5 Å². The van der Waals surface area contributed by atoms with Crippen molar-refractivity contribution in [3.63, 3.8) is 0 Å². The van der Waals surface area contributed by atoms with Crippen LogP contribution in [0, 0.1) is 11.7 Å². The molecule has 1 spiro atoms. The molecule has 4 atom stereocenters. The van der Waals surface area contributed by atoms with E-state index in [4.69, 9.17) is 0 Å². The molecule has 1 saturated heterocycles. The van der Waals surface area contributed by atoms with Crippen LogP contribution in [-0.4, -0.2) is 29.6 Å². The Morgan fingerprint density at radius 3 is 2.47 bits per heavy atom. The maximum atomic E-state index is 14.9. The van der Waals surface area contributed by atoms with Gasteiger partial charge in [0, 0.05) is 11.4 Å². The van der Waals surface area contributed by atoms with E-state index in [1.165, 1.54) is 25.1 Å². The number of hydrogen-bond acceptors (Lipinski definition) is 4. The molecule has 3 aliphatic rings. The lowest BCUT2D eigenvalue weighted by molar-refractivity contribution is -0.122. The summed E-state index contributed by atoms with van der Waals surface area (Å²) in [5.41, 5.74) is 1.41. The molecule has 0 radical (unpaired) electrons. The van der Waals surface area contributed by atoms with Crippen molar-refractivity contribution >= 4 is 34.9 Å². The van der Waals surface area contributed by atoms with Crippen LogP contribution < -0.4 is 10.2 Å². The van der Waals surface area contributed by atoms with Crippen molar-refractivity contribution in [1.82, 2.24) is 0 Å². The van der Waals surface area contributed by atoms with Crippen molar-refractivity contribution < 1.29 is 18.8 Å². The molecule has 5 nitrogen and oxygen atoms in total. The van der Waals surface area contributed by atoms with Crippen LogP contribution in [0.4, 0.5) is 15.8 Å². The minimum absolute atomic E-state index is 0.118. The van der Waals surface area contributed by atoms with Gasteiger partial charge in [0.1, 0.15) is 11.2 Å². The van der Waals surface area contributed by atoms with Gasteiger partial charge in [-0.2, -0.15) is 0 Å². The topological polar surface area (TPSA) is 66.5 Å². The summed E-state index contributed by atoms with van der Waals surface area (Å²) < 4.78 is 14.9. The number of carbonyl (C=O) groups excluding carboxylic acids is 3. The van der Waals surface area contributed by atoms with E-state index in [2.05, 4.69) is 5.32 Å². The van der Waals surface area contributed by atoms with E-state index in [1.54, 1.807) is 12.1 Å². The normalized spacial score (nSPS) is 26.1. The van der Waals surface area contributed by atoms with Crippen molar-refractivity contribution in [2.45, 2.75) is 24.4 Å². The molecule has 0 unspecified atom stereocenters. The zero-order chi connectivity index (χ0) is 23.6. The van der Waals surface area contributed by atoms with Crippen LogP contribution in [0.15, 0.2) is 78.9 Å². The number of carbonyl (C=O) groups is 3. The number of halogens is 1. The van der Waals surface area contributed by atoms with Gasteiger partial charge >= 0.3 is 0 Å². The summed E-state index contributed by atoms with van der Waals surface area (Å²) in [5.74, 6) is -2.95. The van der Waals surface area contributed by atoms with Crippen molar-refractivity contribution in [2.75, 3.05) is 10.2 Å². The first kappa shape index (κ1) is 20.5. The van der Waals surface area contributed by atoms with Crippen molar-refractivity contribution in [2.24, 2.45) is 5.92 Å². The number of anilines is 2. The van der Waals surface area contributed by atoms with Gasteiger partial charge in [0.2, 0.25) is 5.91 Å². The molecular formula is C28H21FN2O3. The number of rotatable bonds is 3. The summed E-state index contributed by atoms with van der Waals surface area (Å²) in [4.78, 5) is 43.2. The molecule has 34 heavy (non-hydrogen) atoms. The van der Waals surface area contributed by atoms with E-state index in [0.29, 0.717) is 11.3 Å². The predicted octanol–water partition coefficient (Wildman–Crippen LogP) is 4.39. The predicted molar refractivity (Wildman–Crippen MR) is 127 cm³/mol. The van der Waals surface area contributed by atoms with Gasteiger partial charge in [-0.25, -0.2) is 4.39 Å². The van der Waals surface area contributed by atoms with Crippen molar-refractivity contribution in [3.8, 4) is 0 Å². The summed E-state index contributed by atoms with van der Waals surface area (Å²) in [7, 11) is 0. The highest BCUT2D eigenvalue weighted by Gasteiger charge is 2.69. The van der Waals surface area contributed by atoms with Crippen molar-refractivity contribution in [3.05, 3.63) is 101 Å². The van der Waals surface area contributed by atoms with Crippen LogP contribution in [0.25, 0.3) is 6.08 Å².